The number of nitrogens with zero attached hydrogens (tertiary/aromatic N) is 3. The van der Waals surface area contributed by atoms with Gasteiger partial charge in [0.2, 0.25) is 5.95 Å². The minimum Gasteiger partial charge on any atom is -0.409 e. The van der Waals surface area contributed by atoms with E-state index in [0.717, 1.165) is 41.8 Å². The van der Waals surface area contributed by atoms with E-state index in [1.54, 1.807) is 12.3 Å². The van der Waals surface area contributed by atoms with Gasteiger partial charge in [0.25, 0.3) is 0 Å². The second-order valence-corrected chi connectivity index (χ2v) is 6.97. The molecule has 8 heteroatoms. The zero-order valence-corrected chi connectivity index (χ0v) is 15.9. The molecule has 1 amide bonds. The highest BCUT2D eigenvalue weighted by atomic mass is 16.6. The molecule has 2 heterocycles. The summed E-state index contributed by atoms with van der Waals surface area (Å²) >= 11 is 0. The second kappa shape index (κ2) is 8.24. The van der Waals surface area contributed by atoms with Gasteiger partial charge in [-0.05, 0) is 67.6 Å². The van der Waals surface area contributed by atoms with Crippen molar-refractivity contribution < 1.29 is 14.7 Å². The van der Waals surface area contributed by atoms with Crippen LogP contribution >= 0.6 is 0 Å². The highest BCUT2D eigenvalue weighted by Crippen LogP contribution is 2.27. The largest absolute Gasteiger partial charge is 0.436 e. The third-order valence-corrected chi connectivity index (χ3v) is 4.90. The first-order chi connectivity index (χ1) is 14.1. The number of hydroxylamine groups is 1. The number of carbonyl (C=O) groups excluding carboxylic acids is 1. The fourth-order valence-corrected chi connectivity index (χ4v) is 3.44. The Kier molecular flexibility index (Phi) is 5.35. The third kappa shape index (κ3) is 4.49. The molecule has 148 valence electrons. The van der Waals surface area contributed by atoms with Crippen LogP contribution in [0, 0.1) is 6.92 Å². The van der Waals surface area contributed by atoms with E-state index in [1.165, 1.54) is 11.0 Å². The van der Waals surface area contributed by atoms with E-state index < -0.39 is 6.09 Å². The van der Waals surface area contributed by atoms with Crippen molar-refractivity contribution in [2.24, 2.45) is 0 Å². The predicted molar refractivity (Wildman–Crippen MR) is 107 cm³/mol. The lowest BCUT2D eigenvalue weighted by atomic mass is 9.88. The van der Waals surface area contributed by atoms with E-state index in [4.69, 9.17) is 9.94 Å². The predicted octanol–water partition coefficient (Wildman–Crippen LogP) is 3.29. The number of rotatable bonds is 4. The van der Waals surface area contributed by atoms with Crippen LogP contribution < -0.4 is 15.5 Å². The number of fused-ring (bicyclic) bond motifs is 1. The van der Waals surface area contributed by atoms with Gasteiger partial charge in [0, 0.05) is 29.7 Å². The number of aryl methyl sites for hydroxylation is 2. The maximum atomic E-state index is 11.2. The van der Waals surface area contributed by atoms with Gasteiger partial charge in [-0.1, -0.05) is 6.07 Å². The summed E-state index contributed by atoms with van der Waals surface area (Å²) in [6.45, 7) is 1.95. The maximum absolute atomic E-state index is 11.2. The molecule has 0 bridgehead atoms. The summed E-state index contributed by atoms with van der Waals surface area (Å²) in [4.78, 5) is 24.5. The van der Waals surface area contributed by atoms with Crippen molar-refractivity contribution in [3.8, 4) is 17.0 Å². The highest BCUT2D eigenvalue weighted by Gasteiger charge is 2.20. The van der Waals surface area contributed by atoms with Crippen molar-refractivity contribution in [2.75, 3.05) is 5.32 Å². The van der Waals surface area contributed by atoms with Gasteiger partial charge in [0.15, 0.2) is 0 Å². The van der Waals surface area contributed by atoms with Gasteiger partial charge in [-0.25, -0.2) is 20.2 Å². The third-order valence-electron chi connectivity index (χ3n) is 4.90. The smallest absolute Gasteiger partial charge is 0.409 e. The topological polar surface area (TPSA) is 109 Å². The van der Waals surface area contributed by atoms with Gasteiger partial charge < -0.3 is 10.1 Å². The molecule has 0 fully saturated rings. The molecular weight excluding hydrogens is 370 g/mol. The van der Waals surface area contributed by atoms with E-state index in [9.17, 15) is 4.79 Å². The number of amides is 1. The normalized spacial score (nSPS) is 15.3. The van der Waals surface area contributed by atoms with Crippen LogP contribution in [0.1, 0.15) is 23.2 Å². The number of anilines is 1. The average Bonchev–Trinajstić information content (AvgIpc) is 2.74. The van der Waals surface area contributed by atoms with E-state index in [-0.39, 0.29) is 6.04 Å². The van der Waals surface area contributed by atoms with Crippen LogP contribution in [-0.2, 0) is 12.8 Å². The molecule has 29 heavy (non-hydrogen) atoms. The second-order valence-electron chi connectivity index (χ2n) is 6.97. The first-order valence-corrected chi connectivity index (χ1v) is 9.37. The Morgan fingerprint density at radius 2 is 2.07 bits per heavy atom. The quantitative estimate of drug-likeness (QED) is 0.462. The lowest BCUT2D eigenvalue weighted by Gasteiger charge is -2.26. The Bertz CT molecular complexity index is 1020. The van der Waals surface area contributed by atoms with Crippen LogP contribution in [0.5, 0.6) is 5.75 Å². The number of pyridine rings is 1. The van der Waals surface area contributed by atoms with Crippen LogP contribution in [0.15, 0.2) is 48.8 Å². The fraction of sp³-hybridized carbons (Fsp3) is 0.238. The van der Waals surface area contributed by atoms with Crippen molar-refractivity contribution in [2.45, 2.75) is 32.2 Å². The SMILES string of the molecule is Cc1ccc(-c2ccnc(NC3CCc4ccc(OC(=O)NO)cc4C3)n2)cn1. The molecule has 1 unspecified atom stereocenters. The zero-order valence-electron chi connectivity index (χ0n) is 15.9. The Balaban J connectivity index is 1.47. The number of benzene rings is 1. The number of hydrogen-bond donors (Lipinski definition) is 3. The first kappa shape index (κ1) is 18.8. The van der Waals surface area contributed by atoms with E-state index in [2.05, 4.69) is 20.3 Å². The molecule has 8 nitrogen and oxygen atoms in total. The van der Waals surface area contributed by atoms with E-state index >= 15 is 0 Å². The Hall–Kier alpha value is -3.52. The minimum atomic E-state index is -0.911. The zero-order chi connectivity index (χ0) is 20.2. The number of carbonyl (C=O) groups is 1. The van der Waals surface area contributed by atoms with Crippen LogP contribution in [0.4, 0.5) is 10.7 Å². The molecule has 1 aromatic carbocycles. The molecule has 1 atom stereocenters. The molecule has 1 aliphatic carbocycles. The van der Waals surface area contributed by atoms with Crippen LogP contribution in [0.3, 0.4) is 0 Å². The lowest BCUT2D eigenvalue weighted by molar-refractivity contribution is 0.127. The molecule has 3 aromatic rings. The van der Waals surface area contributed by atoms with Crippen molar-refractivity contribution in [1.82, 2.24) is 20.4 Å². The monoisotopic (exact) mass is 391 g/mol. The standard InChI is InChI=1S/C21H21N5O3/c1-13-2-3-15(12-23-13)19-8-9-22-20(25-19)24-17-6-4-14-5-7-18(11-16(14)10-17)29-21(27)26-28/h2-3,5,7-9,11-12,17,28H,4,6,10H2,1H3,(H,26,27)(H,22,24,25). The van der Waals surface area contributed by atoms with Gasteiger partial charge in [-0.2, -0.15) is 0 Å². The number of ether oxygens (including phenoxy) is 1. The van der Waals surface area contributed by atoms with Gasteiger partial charge in [0.1, 0.15) is 5.75 Å². The number of hydrogen-bond acceptors (Lipinski definition) is 7. The maximum Gasteiger partial charge on any atom is 0.436 e. The highest BCUT2D eigenvalue weighted by molar-refractivity contribution is 5.69. The molecule has 4 rings (SSSR count). The molecule has 0 saturated heterocycles. The van der Waals surface area contributed by atoms with E-state index in [1.807, 2.05) is 43.5 Å². The van der Waals surface area contributed by atoms with Gasteiger partial charge in [-0.3, -0.25) is 10.2 Å². The van der Waals surface area contributed by atoms with E-state index in [0.29, 0.717) is 11.7 Å². The van der Waals surface area contributed by atoms with Crippen molar-refractivity contribution in [3.05, 3.63) is 65.6 Å². The summed E-state index contributed by atoms with van der Waals surface area (Å²) in [6.07, 6.45) is 5.24. The molecule has 0 saturated carbocycles. The molecule has 0 spiro atoms. The first-order valence-electron chi connectivity index (χ1n) is 9.37. The molecule has 0 radical (unpaired) electrons. The number of nitrogens with one attached hydrogen (secondary N) is 2. The van der Waals surface area contributed by atoms with Gasteiger partial charge in [-0.15, -0.1) is 0 Å². The summed E-state index contributed by atoms with van der Waals surface area (Å²) in [5.41, 5.74) is 6.50. The van der Waals surface area contributed by atoms with Crippen molar-refractivity contribution >= 4 is 12.0 Å². The molecule has 0 aliphatic heterocycles. The summed E-state index contributed by atoms with van der Waals surface area (Å²) in [7, 11) is 0. The average molecular weight is 391 g/mol. The molecular formula is C21H21N5O3. The number of aromatic nitrogens is 3. The van der Waals surface area contributed by atoms with Crippen molar-refractivity contribution in [3.63, 3.8) is 0 Å². The molecule has 2 aromatic heterocycles. The minimum absolute atomic E-state index is 0.163. The van der Waals surface area contributed by atoms with Crippen LogP contribution in [0.25, 0.3) is 11.3 Å². The van der Waals surface area contributed by atoms with Crippen LogP contribution in [-0.4, -0.2) is 32.3 Å². The fourth-order valence-electron chi connectivity index (χ4n) is 3.44. The molecule has 3 N–H and O–H groups in total. The Morgan fingerprint density at radius 3 is 2.86 bits per heavy atom. The summed E-state index contributed by atoms with van der Waals surface area (Å²) in [5, 5.41) is 12.0. The summed E-state index contributed by atoms with van der Waals surface area (Å²) < 4.78 is 5.01. The Labute approximate surface area is 168 Å². The molecule has 1 aliphatic rings. The van der Waals surface area contributed by atoms with Crippen LogP contribution in [0.2, 0.25) is 0 Å². The van der Waals surface area contributed by atoms with Crippen molar-refractivity contribution in [1.29, 1.82) is 0 Å². The van der Waals surface area contributed by atoms with Gasteiger partial charge >= 0.3 is 6.09 Å². The summed E-state index contributed by atoms with van der Waals surface area (Å²) in [6, 6.07) is 11.5. The van der Waals surface area contributed by atoms with Gasteiger partial charge in [0.05, 0.1) is 5.69 Å². The Morgan fingerprint density at radius 1 is 1.17 bits per heavy atom. The summed E-state index contributed by atoms with van der Waals surface area (Å²) in [5.74, 6) is 0.963. The lowest BCUT2D eigenvalue weighted by Crippen LogP contribution is -2.28.